The molecule has 0 unspecified atom stereocenters. The molecule has 1 N–H and O–H groups in total. The molecule has 0 aromatic heterocycles. The fourth-order valence-corrected chi connectivity index (χ4v) is 3.11. The summed E-state index contributed by atoms with van der Waals surface area (Å²) in [5.74, 6) is -2.47. The molecule has 0 aliphatic rings. The Hall–Kier alpha value is -2.39. The minimum absolute atomic E-state index is 0.101. The SMILES string of the molecule is CS(=O)(=O)N(C(=O)c1ccccc1)c1ccc(F)cc1C(=O)NS. The maximum Gasteiger partial charge on any atom is 0.272 e. The molecule has 0 aliphatic heterocycles. The fraction of sp³-hybridized carbons (Fsp3) is 0.0667. The van der Waals surface area contributed by atoms with E-state index in [1.165, 1.54) is 12.1 Å². The minimum atomic E-state index is -4.09. The van der Waals surface area contributed by atoms with Crippen LogP contribution in [0.2, 0.25) is 0 Å². The molecule has 2 amide bonds. The van der Waals surface area contributed by atoms with Crippen molar-refractivity contribution in [1.29, 1.82) is 0 Å². The molecule has 0 saturated carbocycles. The molecule has 0 heterocycles. The van der Waals surface area contributed by atoms with E-state index in [2.05, 4.69) is 12.8 Å². The van der Waals surface area contributed by atoms with Crippen molar-refractivity contribution in [3.05, 3.63) is 65.5 Å². The van der Waals surface area contributed by atoms with Gasteiger partial charge in [-0.1, -0.05) is 31.0 Å². The Morgan fingerprint density at radius 2 is 1.75 bits per heavy atom. The number of benzene rings is 2. The van der Waals surface area contributed by atoms with E-state index in [0.29, 0.717) is 4.31 Å². The molecular weight excluding hydrogens is 355 g/mol. The third kappa shape index (κ3) is 3.74. The number of thiol groups is 1. The summed E-state index contributed by atoms with van der Waals surface area (Å²) in [6.07, 6.45) is 0.819. The van der Waals surface area contributed by atoms with Gasteiger partial charge in [0.2, 0.25) is 10.0 Å². The Morgan fingerprint density at radius 1 is 1.12 bits per heavy atom. The number of rotatable bonds is 4. The van der Waals surface area contributed by atoms with Gasteiger partial charge in [-0.3, -0.25) is 14.3 Å². The van der Waals surface area contributed by atoms with Gasteiger partial charge < -0.3 is 0 Å². The van der Waals surface area contributed by atoms with Gasteiger partial charge in [0.05, 0.1) is 17.5 Å². The number of nitrogens with zero attached hydrogens (tertiary/aromatic N) is 1. The highest BCUT2D eigenvalue weighted by Crippen LogP contribution is 2.26. The summed E-state index contributed by atoms with van der Waals surface area (Å²) in [5, 5.41) is 0. The zero-order valence-electron chi connectivity index (χ0n) is 12.4. The molecule has 6 nitrogen and oxygen atoms in total. The summed E-state index contributed by atoms with van der Waals surface area (Å²) in [7, 11) is -4.09. The van der Waals surface area contributed by atoms with Crippen molar-refractivity contribution in [3.8, 4) is 0 Å². The molecule has 2 aromatic carbocycles. The number of carbonyl (C=O) groups is 2. The number of hydrogen-bond acceptors (Lipinski definition) is 5. The first-order valence-corrected chi connectivity index (χ1v) is 8.89. The quantitative estimate of drug-likeness (QED) is 0.809. The highest BCUT2D eigenvalue weighted by atomic mass is 32.2. The first-order valence-electron chi connectivity index (χ1n) is 6.59. The second kappa shape index (κ2) is 7.02. The monoisotopic (exact) mass is 368 g/mol. The highest BCUT2D eigenvalue weighted by molar-refractivity contribution is 7.92. The largest absolute Gasteiger partial charge is 0.299 e. The van der Waals surface area contributed by atoms with E-state index < -0.39 is 27.7 Å². The predicted octanol–water partition coefficient (Wildman–Crippen LogP) is 2.01. The summed E-state index contributed by atoms with van der Waals surface area (Å²) < 4.78 is 40.2. The lowest BCUT2D eigenvalue weighted by Gasteiger charge is -2.22. The van der Waals surface area contributed by atoms with Crippen LogP contribution >= 0.6 is 12.8 Å². The van der Waals surface area contributed by atoms with Crippen LogP contribution in [0.3, 0.4) is 0 Å². The van der Waals surface area contributed by atoms with Gasteiger partial charge in [0.1, 0.15) is 5.82 Å². The standard InChI is InChI=1S/C15H13FN2O4S2/c1-24(21,22)18(15(20)10-5-3-2-4-6-10)13-8-7-11(16)9-12(13)14(19)17-23/h2-9,23H,1H3,(H,17,19). The van der Waals surface area contributed by atoms with E-state index >= 15 is 0 Å². The Kier molecular flexibility index (Phi) is 5.25. The number of carbonyl (C=O) groups excluding carboxylic acids is 2. The van der Waals surface area contributed by atoms with Crippen molar-refractivity contribution >= 4 is 40.3 Å². The van der Waals surface area contributed by atoms with Gasteiger partial charge in [0.15, 0.2) is 0 Å². The van der Waals surface area contributed by atoms with Crippen molar-refractivity contribution in [1.82, 2.24) is 4.72 Å². The van der Waals surface area contributed by atoms with Crippen LogP contribution in [0, 0.1) is 5.82 Å². The average molecular weight is 368 g/mol. The van der Waals surface area contributed by atoms with Crippen molar-refractivity contribution in [2.45, 2.75) is 0 Å². The topological polar surface area (TPSA) is 83.6 Å². The predicted molar refractivity (Wildman–Crippen MR) is 90.9 cm³/mol. The van der Waals surface area contributed by atoms with Crippen LogP contribution in [-0.2, 0) is 10.0 Å². The van der Waals surface area contributed by atoms with Crippen LogP contribution < -0.4 is 9.03 Å². The van der Waals surface area contributed by atoms with E-state index in [1.807, 2.05) is 4.72 Å². The number of amides is 2. The molecule has 2 aromatic rings. The van der Waals surface area contributed by atoms with Gasteiger partial charge in [-0.25, -0.2) is 17.1 Å². The van der Waals surface area contributed by atoms with Crippen molar-refractivity contribution in [2.75, 3.05) is 10.6 Å². The van der Waals surface area contributed by atoms with Gasteiger partial charge >= 0.3 is 0 Å². The smallest absolute Gasteiger partial charge is 0.272 e. The minimum Gasteiger partial charge on any atom is -0.299 e. The van der Waals surface area contributed by atoms with E-state index in [1.54, 1.807) is 18.2 Å². The molecule has 126 valence electrons. The summed E-state index contributed by atoms with van der Waals surface area (Å²) in [4.78, 5) is 24.5. The van der Waals surface area contributed by atoms with Gasteiger partial charge in [-0.2, -0.15) is 0 Å². The second-order valence-corrected chi connectivity index (χ2v) is 6.86. The van der Waals surface area contributed by atoms with Gasteiger partial charge in [-0.05, 0) is 30.3 Å². The van der Waals surface area contributed by atoms with Crippen LogP contribution in [0.15, 0.2) is 48.5 Å². The van der Waals surface area contributed by atoms with Crippen LogP contribution in [0.1, 0.15) is 20.7 Å². The summed E-state index contributed by atoms with van der Waals surface area (Å²) in [6.45, 7) is 0. The molecular formula is C15H13FN2O4S2. The molecule has 0 fully saturated rings. The molecule has 0 bridgehead atoms. The number of sulfonamides is 1. The maximum absolute atomic E-state index is 13.5. The highest BCUT2D eigenvalue weighted by Gasteiger charge is 2.30. The molecule has 24 heavy (non-hydrogen) atoms. The van der Waals surface area contributed by atoms with Crippen LogP contribution in [0.4, 0.5) is 10.1 Å². The van der Waals surface area contributed by atoms with Crippen LogP contribution in [0.5, 0.6) is 0 Å². The van der Waals surface area contributed by atoms with Gasteiger partial charge in [0.25, 0.3) is 11.8 Å². The third-order valence-electron chi connectivity index (χ3n) is 3.06. The van der Waals surface area contributed by atoms with Crippen molar-refractivity contribution < 1.29 is 22.4 Å². The van der Waals surface area contributed by atoms with E-state index in [9.17, 15) is 22.4 Å². The Bertz CT molecular complexity index is 886. The van der Waals surface area contributed by atoms with Crippen molar-refractivity contribution in [3.63, 3.8) is 0 Å². The maximum atomic E-state index is 13.5. The number of anilines is 1. The van der Waals surface area contributed by atoms with E-state index in [4.69, 9.17) is 0 Å². The zero-order valence-corrected chi connectivity index (χ0v) is 14.1. The zero-order chi connectivity index (χ0) is 17.9. The Morgan fingerprint density at radius 3 is 2.29 bits per heavy atom. The Balaban J connectivity index is 2.67. The molecule has 2 rings (SSSR count). The molecule has 9 heteroatoms. The van der Waals surface area contributed by atoms with Gasteiger partial charge in [-0.15, -0.1) is 0 Å². The number of hydrogen-bond donors (Lipinski definition) is 2. The molecule has 0 aliphatic carbocycles. The van der Waals surface area contributed by atoms with Gasteiger partial charge in [0, 0.05) is 5.56 Å². The number of nitrogens with one attached hydrogen (secondary N) is 1. The van der Waals surface area contributed by atoms with E-state index in [-0.39, 0.29) is 16.8 Å². The van der Waals surface area contributed by atoms with Crippen LogP contribution in [0.25, 0.3) is 0 Å². The Labute approximate surface area is 143 Å². The fourth-order valence-electron chi connectivity index (χ4n) is 2.06. The molecule has 0 radical (unpaired) electrons. The molecule has 0 spiro atoms. The third-order valence-corrected chi connectivity index (χ3v) is 4.29. The normalized spacial score (nSPS) is 11.0. The number of halogens is 1. The summed E-state index contributed by atoms with van der Waals surface area (Å²) in [6, 6.07) is 10.5. The first kappa shape index (κ1) is 18.0. The first-order chi connectivity index (χ1) is 11.3. The second-order valence-electron chi connectivity index (χ2n) is 4.80. The van der Waals surface area contributed by atoms with E-state index in [0.717, 1.165) is 24.5 Å². The summed E-state index contributed by atoms with van der Waals surface area (Å²) >= 11 is 3.60. The summed E-state index contributed by atoms with van der Waals surface area (Å²) in [5.41, 5.74) is -0.497. The molecule has 0 atom stereocenters. The van der Waals surface area contributed by atoms with Crippen LogP contribution in [-0.4, -0.2) is 26.5 Å². The lowest BCUT2D eigenvalue weighted by atomic mass is 10.1. The molecule has 0 saturated heterocycles. The van der Waals surface area contributed by atoms with Crippen molar-refractivity contribution in [2.24, 2.45) is 0 Å². The lowest BCUT2D eigenvalue weighted by Crippen LogP contribution is -2.37. The lowest BCUT2D eigenvalue weighted by molar-refractivity contribution is 0.0985. The average Bonchev–Trinajstić information content (AvgIpc) is 2.55.